The van der Waals surface area contributed by atoms with Gasteiger partial charge in [0.25, 0.3) is 0 Å². The molecule has 57 heavy (non-hydrogen) atoms. The predicted octanol–water partition coefficient (Wildman–Crippen LogP) is 5.21. The molecule has 7 heterocycles. The zero-order valence-electron chi connectivity index (χ0n) is 34.6. The van der Waals surface area contributed by atoms with E-state index in [0.29, 0.717) is 56.4 Å². The number of ether oxygens (including phenoxy) is 7. The van der Waals surface area contributed by atoms with Crippen LogP contribution in [0.15, 0.2) is 36.0 Å². The van der Waals surface area contributed by atoms with Crippen LogP contribution in [0.25, 0.3) is 0 Å². The maximum atomic E-state index is 11.6. The fourth-order valence-electron chi connectivity index (χ4n) is 10.5. The second kappa shape index (κ2) is 17.0. The van der Waals surface area contributed by atoms with Crippen LogP contribution in [0.2, 0.25) is 0 Å². The molecule has 0 aliphatic carbocycles. The molecule has 1 unspecified atom stereocenters. The van der Waals surface area contributed by atoms with E-state index in [2.05, 4.69) is 26.5 Å². The van der Waals surface area contributed by atoms with Gasteiger partial charge >= 0.3 is 5.97 Å². The molecule has 7 rings (SSSR count). The van der Waals surface area contributed by atoms with Gasteiger partial charge in [0.1, 0.15) is 24.4 Å². The number of fused-ring (bicyclic) bond motifs is 1. The minimum atomic E-state index is -1.96. The van der Waals surface area contributed by atoms with E-state index >= 15 is 0 Å². The van der Waals surface area contributed by atoms with Gasteiger partial charge in [-0.25, -0.2) is 4.79 Å². The van der Waals surface area contributed by atoms with Crippen molar-refractivity contribution >= 4 is 5.97 Å². The summed E-state index contributed by atoms with van der Waals surface area (Å²) in [6.07, 6.45) is 9.37. The van der Waals surface area contributed by atoms with E-state index in [-0.39, 0.29) is 36.6 Å². The van der Waals surface area contributed by atoms with Crippen molar-refractivity contribution in [2.75, 3.05) is 6.61 Å². The molecule has 0 saturated carbocycles. The van der Waals surface area contributed by atoms with Gasteiger partial charge in [-0.05, 0) is 95.1 Å². The summed E-state index contributed by atoms with van der Waals surface area (Å²) in [5.74, 6) is -3.82. The first-order valence-corrected chi connectivity index (χ1v) is 21.7. The van der Waals surface area contributed by atoms with Gasteiger partial charge in [-0.15, -0.1) is 0 Å². The summed E-state index contributed by atoms with van der Waals surface area (Å²) >= 11 is 0. The number of aliphatic carboxylic acids is 1. The van der Waals surface area contributed by atoms with Crippen molar-refractivity contribution in [3.63, 3.8) is 0 Å². The molecule has 0 aromatic carbocycles. The van der Waals surface area contributed by atoms with Crippen LogP contribution in [-0.2, 0) is 38.0 Å². The highest BCUT2D eigenvalue weighted by Gasteiger charge is 2.55. The average Bonchev–Trinajstić information content (AvgIpc) is 3.56. The van der Waals surface area contributed by atoms with Crippen molar-refractivity contribution in [3.8, 4) is 0 Å². The first-order valence-electron chi connectivity index (χ1n) is 21.7. The van der Waals surface area contributed by atoms with Gasteiger partial charge < -0.3 is 58.7 Å². The molecule has 7 aliphatic heterocycles. The van der Waals surface area contributed by atoms with Crippen molar-refractivity contribution in [1.29, 1.82) is 0 Å². The van der Waals surface area contributed by atoms with Crippen molar-refractivity contribution < 1.29 is 63.5 Å². The fraction of sp³-hybridized carbons (Fsp3) is 0.841. The third-order valence-electron chi connectivity index (χ3n) is 14.0. The minimum Gasteiger partial charge on any atom is -0.479 e. The minimum absolute atomic E-state index is 0.0423. The second-order valence-electron chi connectivity index (χ2n) is 18.9. The number of rotatable bonds is 10. The average molecular weight is 805 g/mol. The standard InChI is InChI=1S/C44H68O13/c1-25-21-34(55-44(23-25)35(46)12-11-31(54-44)24-41(6,50)40(48)49)26(2)9-10-30-14-18-43(53-30)19-15-33-39(57-43)36(47)29(5)38(52-33)32(45)22-28(4)37-27(3)13-17-42(56-37)16-7-8-20-51-42/h9-10,23,26-28,30-39,45-47,50H,5,7-8,11-22,24H2,1-4,6H3,(H,48,49)/b10-9+/t26-,27+,28-,30-,31?,32-,33+,34-,35+,36+,37-,38-,39+,41+,42-,43+,44+/m0/s1. The van der Waals surface area contributed by atoms with Crippen LogP contribution in [0.4, 0.5) is 0 Å². The zero-order chi connectivity index (χ0) is 40.9. The molecule has 0 bridgehead atoms. The van der Waals surface area contributed by atoms with Crippen LogP contribution in [0, 0.1) is 17.8 Å². The number of hydrogen-bond acceptors (Lipinski definition) is 12. The molecule has 7 aliphatic rings. The van der Waals surface area contributed by atoms with Gasteiger partial charge in [0.05, 0.1) is 43.2 Å². The van der Waals surface area contributed by atoms with Crippen LogP contribution in [0.5, 0.6) is 0 Å². The van der Waals surface area contributed by atoms with Gasteiger partial charge in [-0.3, -0.25) is 0 Å². The Balaban J connectivity index is 0.920. The van der Waals surface area contributed by atoms with E-state index in [1.165, 1.54) is 6.92 Å². The van der Waals surface area contributed by atoms with Crippen molar-refractivity contribution in [2.45, 2.75) is 209 Å². The highest BCUT2D eigenvalue weighted by molar-refractivity contribution is 5.76. The lowest BCUT2D eigenvalue weighted by atomic mass is 9.79. The van der Waals surface area contributed by atoms with Crippen LogP contribution < -0.4 is 0 Å². The SMILES string of the molecule is C=C1[C@@H](O)[C@@H]2O[C@]3(CC[C@H](/C=C/[C@H](C)[C@@H]4CC(C)=C[C@@]5(OC(C[C@@](C)(O)C(=O)O)CC[C@H]5O)O4)O3)CC[C@H]2O[C@@H]1[C@@H](O)C[C@H](C)[C@H]1O[C@@]2(CCCCO2)CC[C@H]1C. The Bertz CT molecular complexity index is 1510. The normalized spacial score (nSPS) is 45.4. The third kappa shape index (κ3) is 9.15. The molecule has 3 spiro atoms. The highest BCUT2D eigenvalue weighted by Crippen LogP contribution is 2.47. The molecule has 13 heteroatoms. The number of aliphatic hydroxyl groups is 4. The Morgan fingerprint density at radius 2 is 1.75 bits per heavy atom. The monoisotopic (exact) mass is 804 g/mol. The Morgan fingerprint density at radius 3 is 2.49 bits per heavy atom. The Morgan fingerprint density at radius 1 is 1.00 bits per heavy atom. The summed E-state index contributed by atoms with van der Waals surface area (Å²) in [6.45, 7) is 14.5. The molecule has 17 atom stereocenters. The van der Waals surface area contributed by atoms with Crippen LogP contribution in [-0.4, -0.2) is 122 Å². The number of aliphatic hydroxyl groups excluding tert-OH is 3. The van der Waals surface area contributed by atoms with Crippen LogP contribution in [0.1, 0.15) is 125 Å². The van der Waals surface area contributed by atoms with E-state index in [1.807, 2.05) is 19.9 Å². The van der Waals surface area contributed by atoms with Crippen LogP contribution in [0.3, 0.4) is 0 Å². The molecule has 0 radical (unpaired) electrons. The van der Waals surface area contributed by atoms with Crippen molar-refractivity contribution in [1.82, 2.24) is 0 Å². The summed E-state index contributed by atoms with van der Waals surface area (Å²) in [5.41, 5.74) is -0.551. The van der Waals surface area contributed by atoms with E-state index in [0.717, 1.165) is 50.7 Å². The molecule has 0 amide bonds. The molecule has 0 aromatic rings. The Kier molecular flexibility index (Phi) is 12.9. The maximum Gasteiger partial charge on any atom is 0.335 e. The van der Waals surface area contributed by atoms with Gasteiger partial charge in [-0.1, -0.05) is 45.1 Å². The Hall–Kier alpha value is -1.75. The molecule has 6 saturated heterocycles. The number of carboxylic acids is 1. The zero-order valence-corrected chi connectivity index (χ0v) is 34.6. The predicted molar refractivity (Wildman–Crippen MR) is 208 cm³/mol. The maximum absolute atomic E-state index is 11.6. The van der Waals surface area contributed by atoms with E-state index < -0.39 is 71.7 Å². The summed E-state index contributed by atoms with van der Waals surface area (Å²) in [4.78, 5) is 11.6. The molecule has 322 valence electrons. The first kappa shape index (κ1) is 43.3. The van der Waals surface area contributed by atoms with Gasteiger partial charge in [-0.2, -0.15) is 0 Å². The lowest BCUT2D eigenvalue weighted by Gasteiger charge is -2.50. The molecular formula is C44H68O13. The molecule has 6 fully saturated rings. The highest BCUT2D eigenvalue weighted by atomic mass is 16.7. The summed E-state index contributed by atoms with van der Waals surface area (Å²) in [6, 6.07) is 0. The van der Waals surface area contributed by atoms with Crippen molar-refractivity contribution in [3.05, 3.63) is 36.0 Å². The lowest BCUT2D eigenvalue weighted by molar-refractivity contribution is -0.321. The van der Waals surface area contributed by atoms with Crippen molar-refractivity contribution in [2.24, 2.45) is 17.8 Å². The third-order valence-corrected chi connectivity index (χ3v) is 14.0. The van der Waals surface area contributed by atoms with Gasteiger partial charge in [0, 0.05) is 38.0 Å². The molecule has 5 N–H and O–H groups in total. The van der Waals surface area contributed by atoms with Gasteiger partial charge in [0.15, 0.2) is 17.2 Å². The summed E-state index contributed by atoms with van der Waals surface area (Å²) < 4.78 is 45.2. The van der Waals surface area contributed by atoms with E-state index in [4.69, 9.17) is 33.2 Å². The molecule has 0 aromatic heterocycles. The molecule has 13 nitrogen and oxygen atoms in total. The van der Waals surface area contributed by atoms with Gasteiger partial charge in [0.2, 0.25) is 5.79 Å². The smallest absolute Gasteiger partial charge is 0.335 e. The quantitative estimate of drug-likeness (QED) is 0.182. The Labute approximate surface area is 337 Å². The summed E-state index contributed by atoms with van der Waals surface area (Å²) in [5, 5.41) is 54.0. The van der Waals surface area contributed by atoms with Crippen LogP contribution >= 0.6 is 0 Å². The fourth-order valence-corrected chi connectivity index (χ4v) is 10.5. The number of carboxylic acid groups (broad SMARTS) is 1. The molecular weight excluding hydrogens is 736 g/mol. The number of hydrogen-bond donors (Lipinski definition) is 5. The first-order chi connectivity index (χ1) is 26.9. The second-order valence-corrected chi connectivity index (χ2v) is 18.9. The topological polar surface area (TPSA) is 183 Å². The largest absolute Gasteiger partial charge is 0.479 e. The van der Waals surface area contributed by atoms with E-state index in [9.17, 15) is 30.3 Å². The summed E-state index contributed by atoms with van der Waals surface area (Å²) in [7, 11) is 0. The lowest BCUT2D eigenvalue weighted by Crippen LogP contribution is -2.60. The number of carbonyl (C=O) groups is 1. The van der Waals surface area contributed by atoms with E-state index in [1.54, 1.807) is 6.08 Å².